The predicted molar refractivity (Wildman–Crippen MR) is 127 cm³/mol. The highest BCUT2D eigenvalue weighted by molar-refractivity contribution is 7.93. The van der Waals surface area contributed by atoms with Crippen LogP contribution in [-0.2, 0) is 14.8 Å². The first-order valence-electron chi connectivity index (χ1n) is 10.9. The molecule has 3 aromatic rings. The quantitative estimate of drug-likeness (QED) is 0.572. The monoisotopic (exact) mass is 455 g/mol. The molecule has 2 aromatic carbocycles. The second-order valence-corrected chi connectivity index (χ2v) is 10.0. The van der Waals surface area contributed by atoms with Gasteiger partial charge in [0, 0.05) is 36.9 Å². The average Bonchev–Trinajstić information content (AvgIpc) is 3.23. The highest BCUT2D eigenvalue weighted by atomic mass is 32.2. The van der Waals surface area contributed by atoms with Gasteiger partial charge in [0.1, 0.15) is 17.1 Å². The van der Waals surface area contributed by atoms with Crippen molar-refractivity contribution in [2.24, 2.45) is 0 Å². The van der Waals surface area contributed by atoms with Crippen LogP contribution < -0.4 is 9.62 Å². The number of fused-ring (bicyclic) bond motifs is 1. The number of amides is 1. The number of nitrogens with one attached hydrogen (secondary N) is 1. The van der Waals surface area contributed by atoms with Crippen LogP contribution in [0.1, 0.15) is 38.0 Å². The van der Waals surface area contributed by atoms with Gasteiger partial charge in [-0.05, 0) is 62.6 Å². The fourth-order valence-electron chi connectivity index (χ4n) is 3.99. The van der Waals surface area contributed by atoms with Gasteiger partial charge >= 0.3 is 0 Å². The molecule has 7 nitrogen and oxygen atoms in total. The lowest BCUT2D eigenvalue weighted by molar-refractivity contribution is -0.129. The van der Waals surface area contributed by atoms with Crippen molar-refractivity contribution in [2.45, 2.75) is 32.2 Å². The van der Waals surface area contributed by atoms with Crippen molar-refractivity contribution in [3.8, 4) is 0 Å². The molecular weight excluding hydrogens is 426 g/mol. The number of piperidine rings is 1. The predicted octanol–water partition coefficient (Wildman–Crippen LogP) is 4.38. The van der Waals surface area contributed by atoms with Crippen molar-refractivity contribution in [2.75, 3.05) is 35.5 Å². The summed E-state index contributed by atoms with van der Waals surface area (Å²) < 4.78 is 33.6. The molecule has 1 aromatic heterocycles. The standard InChI is InChI=1S/C24H29N3O4S/c1-18(23-16-19-8-4-5-9-22(19)31-23)26(2)24(28)17-32(29,30)25-20-10-12-21(13-11-20)27-14-6-3-7-15-27/h4-5,8-13,16,18,25H,3,6-7,14-15,17H2,1-2H3. The highest BCUT2D eigenvalue weighted by Crippen LogP contribution is 2.27. The third-order valence-corrected chi connectivity index (χ3v) is 7.18. The lowest BCUT2D eigenvalue weighted by Gasteiger charge is -2.28. The number of furan rings is 1. The van der Waals surface area contributed by atoms with Gasteiger partial charge < -0.3 is 14.2 Å². The molecule has 1 atom stereocenters. The number of hydrogen-bond donors (Lipinski definition) is 1. The number of carbonyl (C=O) groups excluding carboxylic acids is 1. The normalized spacial score (nSPS) is 15.5. The highest BCUT2D eigenvalue weighted by Gasteiger charge is 2.25. The van der Waals surface area contributed by atoms with E-state index in [0.29, 0.717) is 11.4 Å². The van der Waals surface area contributed by atoms with E-state index in [0.717, 1.165) is 29.7 Å². The van der Waals surface area contributed by atoms with Gasteiger partial charge in [-0.25, -0.2) is 8.42 Å². The third-order valence-electron chi connectivity index (χ3n) is 6.01. The summed E-state index contributed by atoms with van der Waals surface area (Å²) in [5, 5.41) is 0.942. The minimum atomic E-state index is -3.84. The Labute approximate surface area is 189 Å². The molecule has 1 aliphatic heterocycles. The van der Waals surface area contributed by atoms with E-state index in [1.54, 1.807) is 19.2 Å². The van der Waals surface area contributed by atoms with E-state index < -0.39 is 27.7 Å². The third kappa shape index (κ3) is 5.07. The van der Waals surface area contributed by atoms with Crippen LogP contribution in [0.25, 0.3) is 11.0 Å². The first-order valence-corrected chi connectivity index (χ1v) is 12.6. The zero-order valence-corrected chi connectivity index (χ0v) is 19.3. The number of nitrogens with zero attached hydrogens (tertiary/aromatic N) is 2. The SMILES string of the molecule is CC(c1cc2ccccc2o1)N(C)C(=O)CS(=O)(=O)Nc1ccc(N2CCCCC2)cc1. The maximum atomic E-state index is 12.7. The Morgan fingerprint density at radius 2 is 1.78 bits per heavy atom. The Morgan fingerprint density at radius 1 is 1.09 bits per heavy atom. The molecule has 1 amide bonds. The van der Waals surface area contributed by atoms with Crippen LogP contribution in [-0.4, -0.2) is 45.1 Å². The summed E-state index contributed by atoms with van der Waals surface area (Å²) in [7, 11) is -2.26. The number of carbonyl (C=O) groups is 1. The molecule has 0 spiro atoms. The fraction of sp³-hybridized carbons (Fsp3) is 0.375. The molecular formula is C24H29N3O4S. The van der Waals surface area contributed by atoms with Crippen molar-refractivity contribution in [3.05, 3.63) is 60.4 Å². The molecule has 1 fully saturated rings. The van der Waals surface area contributed by atoms with Crippen molar-refractivity contribution < 1.29 is 17.6 Å². The summed E-state index contributed by atoms with van der Waals surface area (Å²) in [6, 6.07) is 16.4. The van der Waals surface area contributed by atoms with Crippen LogP contribution >= 0.6 is 0 Å². The molecule has 0 saturated carbocycles. The van der Waals surface area contributed by atoms with Crippen LogP contribution in [0, 0.1) is 0 Å². The summed E-state index contributed by atoms with van der Waals surface area (Å²) in [4.78, 5) is 16.4. The fourth-order valence-corrected chi connectivity index (χ4v) is 5.08. The van der Waals surface area contributed by atoms with Crippen LogP contribution in [0.15, 0.2) is 59.0 Å². The lowest BCUT2D eigenvalue weighted by atomic mass is 10.1. The number of sulfonamides is 1. The minimum Gasteiger partial charge on any atom is -0.459 e. The summed E-state index contributed by atoms with van der Waals surface area (Å²) in [5.74, 6) is -0.529. The van der Waals surface area contributed by atoms with Crippen LogP contribution in [0.5, 0.6) is 0 Å². The minimum absolute atomic E-state index is 0.395. The molecule has 1 unspecified atom stereocenters. The maximum Gasteiger partial charge on any atom is 0.241 e. The first-order chi connectivity index (χ1) is 15.3. The largest absolute Gasteiger partial charge is 0.459 e. The molecule has 0 bridgehead atoms. The summed E-state index contributed by atoms with van der Waals surface area (Å²) in [6.45, 7) is 3.86. The second-order valence-electron chi connectivity index (χ2n) is 8.32. The average molecular weight is 456 g/mol. The Kier molecular flexibility index (Phi) is 6.41. The lowest BCUT2D eigenvalue weighted by Crippen LogP contribution is -2.36. The molecule has 0 aliphatic carbocycles. The molecule has 4 rings (SSSR count). The Morgan fingerprint density at radius 3 is 2.47 bits per heavy atom. The van der Waals surface area contributed by atoms with E-state index in [1.807, 2.05) is 49.4 Å². The molecule has 1 saturated heterocycles. The Hall–Kier alpha value is -3.00. The van der Waals surface area contributed by atoms with Gasteiger partial charge in [-0.2, -0.15) is 0 Å². The van der Waals surface area contributed by atoms with Crippen molar-refractivity contribution in [3.63, 3.8) is 0 Å². The molecule has 32 heavy (non-hydrogen) atoms. The van der Waals surface area contributed by atoms with E-state index in [4.69, 9.17) is 4.42 Å². The van der Waals surface area contributed by atoms with Crippen LogP contribution in [0.3, 0.4) is 0 Å². The topological polar surface area (TPSA) is 82.9 Å². The van der Waals surface area contributed by atoms with Gasteiger partial charge in [0.05, 0.1) is 6.04 Å². The zero-order valence-electron chi connectivity index (χ0n) is 18.5. The van der Waals surface area contributed by atoms with Crippen LogP contribution in [0.4, 0.5) is 11.4 Å². The van der Waals surface area contributed by atoms with Gasteiger partial charge in [0.15, 0.2) is 0 Å². The Bertz CT molecular complexity index is 1150. The van der Waals surface area contributed by atoms with Crippen molar-refractivity contribution in [1.29, 1.82) is 0 Å². The molecule has 1 N–H and O–H groups in total. The van der Waals surface area contributed by atoms with Gasteiger partial charge in [0.25, 0.3) is 0 Å². The van der Waals surface area contributed by atoms with Crippen molar-refractivity contribution in [1.82, 2.24) is 4.90 Å². The van der Waals surface area contributed by atoms with Crippen LogP contribution in [0.2, 0.25) is 0 Å². The van der Waals surface area contributed by atoms with Gasteiger partial charge in [-0.15, -0.1) is 0 Å². The van der Waals surface area contributed by atoms with E-state index in [2.05, 4.69) is 9.62 Å². The first kappa shape index (κ1) is 22.2. The number of benzene rings is 2. The van der Waals surface area contributed by atoms with E-state index in [9.17, 15) is 13.2 Å². The molecule has 8 heteroatoms. The molecule has 1 aliphatic rings. The number of rotatable bonds is 7. The summed E-state index contributed by atoms with van der Waals surface area (Å²) in [5.41, 5.74) is 2.27. The number of para-hydroxylation sites is 1. The van der Waals surface area contributed by atoms with E-state index in [-0.39, 0.29) is 0 Å². The number of anilines is 2. The van der Waals surface area contributed by atoms with E-state index >= 15 is 0 Å². The number of hydrogen-bond acceptors (Lipinski definition) is 5. The van der Waals surface area contributed by atoms with Gasteiger partial charge in [-0.1, -0.05) is 18.2 Å². The Balaban J connectivity index is 1.38. The maximum absolute atomic E-state index is 12.7. The van der Waals surface area contributed by atoms with Gasteiger partial charge in [0.2, 0.25) is 15.9 Å². The smallest absolute Gasteiger partial charge is 0.241 e. The molecule has 0 radical (unpaired) electrons. The summed E-state index contributed by atoms with van der Waals surface area (Å²) >= 11 is 0. The zero-order chi connectivity index (χ0) is 22.7. The van der Waals surface area contributed by atoms with E-state index in [1.165, 1.54) is 24.2 Å². The molecule has 170 valence electrons. The second kappa shape index (κ2) is 9.24. The van der Waals surface area contributed by atoms with Crippen molar-refractivity contribution >= 4 is 38.3 Å². The molecule has 2 heterocycles. The summed E-state index contributed by atoms with van der Waals surface area (Å²) in [6.07, 6.45) is 3.61. The van der Waals surface area contributed by atoms with Gasteiger partial charge in [-0.3, -0.25) is 9.52 Å².